The van der Waals surface area contributed by atoms with Crippen molar-refractivity contribution < 1.29 is 29.1 Å². The molecular formula is C17H31ClN6O6. The predicted octanol–water partition coefficient (Wildman–Crippen LogP) is 0.108. The summed E-state index contributed by atoms with van der Waals surface area (Å²) in [4.78, 5) is 57.2. The Morgan fingerprint density at radius 3 is 1.57 bits per heavy atom. The second kappa shape index (κ2) is 9.94. The van der Waals surface area contributed by atoms with E-state index in [2.05, 4.69) is 21.3 Å². The van der Waals surface area contributed by atoms with Gasteiger partial charge in [0.15, 0.2) is 0 Å². The average molecular weight is 451 g/mol. The van der Waals surface area contributed by atoms with E-state index in [0.717, 1.165) is 4.90 Å². The van der Waals surface area contributed by atoms with E-state index in [1.165, 1.54) is 0 Å². The summed E-state index contributed by atoms with van der Waals surface area (Å²) in [6, 6.07) is -1.04. The van der Waals surface area contributed by atoms with Gasteiger partial charge in [0.05, 0.1) is 6.54 Å². The van der Waals surface area contributed by atoms with Gasteiger partial charge in [-0.2, -0.15) is 0 Å². The number of urea groups is 2. The Hall–Kier alpha value is -2.60. The minimum absolute atomic E-state index is 0. The van der Waals surface area contributed by atoms with Gasteiger partial charge in [-0.05, 0) is 33.6 Å². The molecule has 0 aromatic rings. The first kappa shape index (κ1) is 27.4. The maximum Gasteiger partial charge on any atom is 0.407 e. The topological polar surface area (TPSA) is 183 Å². The van der Waals surface area contributed by atoms with Gasteiger partial charge in [-0.15, -0.1) is 12.4 Å². The van der Waals surface area contributed by atoms with Crippen LogP contribution in [-0.4, -0.2) is 69.7 Å². The minimum Gasteiger partial charge on any atom is -0.465 e. The molecule has 2 rings (SSSR count). The monoisotopic (exact) mass is 450 g/mol. The third-order valence-corrected chi connectivity index (χ3v) is 5.05. The van der Waals surface area contributed by atoms with Gasteiger partial charge in [-0.25, -0.2) is 14.4 Å². The Labute approximate surface area is 181 Å². The molecule has 0 bridgehead atoms. The highest BCUT2D eigenvalue weighted by atomic mass is 35.5. The van der Waals surface area contributed by atoms with E-state index in [-0.39, 0.29) is 31.4 Å². The lowest BCUT2D eigenvalue weighted by atomic mass is 9.93. The number of carbonyl (C=O) groups excluding carboxylic acids is 4. The van der Waals surface area contributed by atoms with Crippen LogP contribution in [0, 0.1) is 0 Å². The zero-order chi connectivity index (χ0) is 22.6. The van der Waals surface area contributed by atoms with Crippen molar-refractivity contribution in [2.24, 2.45) is 5.73 Å². The number of nitrogens with one attached hydrogen (secondary N) is 4. The smallest absolute Gasteiger partial charge is 0.407 e. The summed E-state index contributed by atoms with van der Waals surface area (Å²) >= 11 is 0. The molecule has 0 radical (unpaired) electrons. The van der Waals surface area contributed by atoms with Crippen molar-refractivity contribution in [1.29, 1.82) is 0 Å². The van der Waals surface area contributed by atoms with Crippen LogP contribution in [0.15, 0.2) is 0 Å². The number of carboxylic acid groups (broad SMARTS) is 1. The van der Waals surface area contributed by atoms with Crippen LogP contribution in [0.3, 0.4) is 0 Å². The zero-order valence-electron chi connectivity index (χ0n) is 17.7. The van der Waals surface area contributed by atoms with Crippen molar-refractivity contribution in [1.82, 2.24) is 26.2 Å². The number of nitrogens with zero attached hydrogens (tertiary/aromatic N) is 1. The molecule has 2 heterocycles. The summed E-state index contributed by atoms with van der Waals surface area (Å²) in [6.45, 7) is 8.81. The van der Waals surface area contributed by atoms with Gasteiger partial charge in [0.2, 0.25) is 0 Å². The molecule has 0 spiro atoms. The first-order valence-corrected chi connectivity index (χ1v) is 9.24. The van der Waals surface area contributed by atoms with Gasteiger partial charge in [0.1, 0.15) is 11.1 Å². The van der Waals surface area contributed by atoms with Crippen LogP contribution in [0.2, 0.25) is 0 Å². The third-order valence-electron chi connectivity index (χ3n) is 5.05. The third kappa shape index (κ3) is 5.72. The zero-order valence-corrected chi connectivity index (χ0v) is 18.6. The van der Waals surface area contributed by atoms with E-state index >= 15 is 0 Å². The maximum atomic E-state index is 11.8. The van der Waals surface area contributed by atoms with E-state index in [1.807, 2.05) is 0 Å². The van der Waals surface area contributed by atoms with Crippen molar-refractivity contribution in [3.05, 3.63) is 0 Å². The second-order valence-electron chi connectivity index (χ2n) is 7.93. The fourth-order valence-electron chi connectivity index (χ4n) is 2.93. The number of nitrogens with two attached hydrogens (primary N) is 1. The molecule has 0 aromatic carbocycles. The standard InChI is InChI=1S/C11H19N3O4.C6H11N3O2.ClH/c1-5-11(7(15)12-8(16)13-11)6-14(9(17)18)10(2,3)4;1-2-6(3-7)4(10)8-5(11)9-6;/h5-6H2,1-4H3,(H,17,18)(H2,12,13,15,16);2-3,7H2,1H3,(H2,8,9,10,11);1H/t11-;6-;/m11./s1. The molecule has 2 atom stereocenters. The lowest BCUT2D eigenvalue weighted by molar-refractivity contribution is -0.125. The number of hydrogen-bond acceptors (Lipinski definition) is 6. The summed E-state index contributed by atoms with van der Waals surface area (Å²) in [5.41, 5.74) is 2.66. The van der Waals surface area contributed by atoms with E-state index in [9.17, 15) is 29.1 Å². The van der Waals surface area contributed by atoms with E-state index in [4.69, 9.17) is 5.73 Å². The Morgan fingerprint density at radius 2 is 1.37 bits per heavy atom. The fraction of sp³-hybridized carbons (Fsp3) is 0.706. The molecule has 0 saturated carbocycles. The number of imide groups is 2. The first-order valence-electron chi connectivity index (χ1n) is 9.24. The number of rotatable bonds is 5. The van der Waals surface area contributed by atoms with Crippen molar-refractivity contribution in [3.63, 3.8) is 0 Å². The lowest BCUT2D eigenvalue weighted by Gasteiger charge is -2.38. The normalized spacial score (nSPS) is 25.1. The Bertz CT molecular complexity index is 705. The molecule has 12 nitrogen and oxygen atoms in total. The molecule has 7 N–H and O–H groups in total. The quantitative estimate of drug-likeness (QED) is 0.321. The summed E-state index contributed by atoms with van der Waals surface area (Å²) in [5.74, 6) is -0.807. The molecule has 30 heavy (non-hydrogen) atoms. The van der Waals surface area contributed by atoms with Gasteiger partial charge >= 0.3 is 18.2 Å². The van der Waals surface area contributed by atoms with Gasteiger partial charge in [-0.1, -0.05) is 13.8 Å². The highest BCUT2D eigenvalue weighted by Crippen LogP contribution is 2.22. The summed E-state index contributed by atoms with van der Waals surface area (Å²) in [7, 11) is 0. The maximum absolute atomic E-state index is 11.8. The summed E-state index contributed by atoms with van der Waals surface area (Å²) in [5, 5.41) is 18.5. The van der Waals surface area contributed by atoms with Crippen molar-refractivity contribution in [2.45, 2.75) is 64.1 Å². The molecule has 0 aromatic heterocycles. The van der Waals surface area contributed by atoms with Gasteiger partial charge < -0.3 is 26.4 Å². The van der Waals surface area contributed by atoms with Crippen molar-refractivity contribution in [3.8, 4) is 0 Å². The number of amides is 7. The molecule has 2 fully saturated rings. The molecule has 172 valence electrons. The van der Waals surface area contributed by atoms with Crippen LogP contribution in [0.4, 0.5) is 14.4 Å². The van der Waals surface area contributed by atoms with Crippen molar-refractivity contribution >= 4 is 42.4 Å². The minimum atomic E-state index is -1.18. The van der Waals surface area contributed by atoms with Gasteiger partial charge in [-0.3, -0.25) is 20.2 Å². The summed E-state index contributed by atoms with van der Waals surface area (Å²) in [6.07, 6.45) is -0.282. The lowest BCUT2D eigenvalue weighted by Crippen LogP contribution is -2.59. The predicted molar refractivity (Wildman–Crippen MR) is 110 cm³/mol. The summed E-state index contributed by atoms with van der Waals surface area (Å²) < 4.78 is 0. The van der Waals surface area contributed by atoms with Gasteiger partial charge in [0, 0.05) is 12.1 Å². The molecular weight excluding hydrogens is 420 g/mol. The highest BCUT2D eigenvalue weighted by Gasteiger charge is 2.48. The fourth-order valence-corrected chi connectivity index (χ4v) is 2.93. The van der Waals surface area contributed by atoms with Crippen LogP contribution < -0.4 is 27.0 Å². The molecule has 0 unspecified atom stereocenters. The SMILES string of the molecule is CC[C@]1(CN(C(=O)O)C(C)(C)C)NC(=O)NC1=O.CC[C@]1(CN)NC(=O)NC1=O.Cl. The molecule has 2 aliphatic heterocycles. The number of hydrogen-bond donors (Lipinski definition) is 6. The van der Waals surface area contributed by atoms with Crippen LogP contribution in [-0.2, 0) is 9.59 Å². The van der Waals surface area contributed by atoms with Crippen LogP contribution >= 0.6 is 12.4 Å². The number of carbonyl (C=O) groups is 5. The molecule has 2 aliphatic rings. The Morgan fingerprint density at radius 1 is 0.967 bits per heavy atom. The van der Waals surface area contributed by atoms with Crippen molar-refractivity contribution in [2.75, 3.05) is 13.1 Å². The van der Waals surface area contributed by atoms with E-state index < -0.39 is 40.7 Å². The molecule has 0 aliphatic carbocycles. The number of halogens is 1. The van der Waals surface area contributed by atoms with E-state index in [0.29, 0.717) is 12.8 Å². The van der Waals surface area contributed by atoms with Gasteiger partial charge in [0.25, 0.3) is 11.8 Å². The second-order valence-corrected chi connectivity index (χ2v) is 7.93. The highest BCUT2D eigenvalue weighted by molar-refractivity contribution is 6.07. The average Bonchev–Trinajstić information content (AvgIpc) is 3.07. The molecule has 7 amide bonds. The molecule has 13 heteroatoms. The van der Waals surface area contributed by atoms with Crippen LogP contribution in [0.25, 0.3) is 0 Å². The Balaban J connectivity index is 0.000000603. The first-order chi connectivity index (χ1) is 13.3. The van der Waals surface area contributed by atoms with Crippen LogP contribution in [0.5, 0.6) is 0 Å². The largest absolute Gasteiger partial charge is 0.465 e. The van der Waals surface area contributed by atoms with E-state index in [1.54, 1.807) is 34.6 Å². The molecule has 2 saturated heterocycles. The Kier molecular flexibility index (Phi) is 9.08. The van der Waals surface area contributed by atoms with Crippen LogP contribution in [0.1, 0.15) is 47.5 Å².